The molecular weight excluding hydrogens is 226 g/mol. The highest BCUT2D eigenvalue weighted by Gasteiger charge is 2.00. The summed E-state index contributed by atoms with van der Waals surface area (Å²) in [5.41, 5.74) is 2.11. The first-order valence-electron chi connectivity index (χ1n) is 5.69. The fourth-order valence-electron chi connectivity index (χ4n) is 1.61. The third kappa shape index (κ3) is 2.88. The second kappa shape index (κ2) is 5.36. The van der Waals surface area contributed by atoms with Gasteiger partial charge in [0.2, 0.25) is 0 Å². The van der Waals surface area contributed by atoms with Gasteiger partial charge in [0.15, 0.2) is 23.9 Å². The van der Waals surface area contributed by atoms with Gasteiger partial charge in [-0.2, -0.15) is 0 Å². The Kier molecular flexibility index (Phi) is 3.63. The number of aryl methyl sites for hydroxylation is 1. The molecule has 0 aliphatic carbocycles. The molecule has 0 saturated carbocycles. The fourth-order valence-corrected chi connectivity index (χ4v) is 1.61. The molecule has 3 heteroatoms. The molecule has 0 unspecified atom stereocenters. The molecule has 0 fully saturated rings. The Labute approximate surface area is 107 Å². The summed E-state index contributed by atoms with van der Waals surface area (Å²) in [5, 5.41) is 9.50. The van der Waals surface area contributed by atoms with Crippen molar-refractivity contribution in [3.63, 3.8) is 0 Å². The van der Waals surface area contributed by atoms with Gasteiger partial charge in [-0.15, -0.1) is 0 Å². The number of rotatable bonds is 3. The van der Waals surface area contributed by atoms with Crippen LogP contribution in [0.1, 0.15) is 11.1 Å². The van der Waals surface area contributed by atoms with Crippen LogP contribution in [-0.2, 0) is 7.05 Å². The molecule has 0 bridgehead atoms. The monoisotopic (exact) mass is 242 g/mol. The van der Waals surface area contributed by atoms with Gasteiger partial charge in [0.25, 0.3) is 0 Å². The van der Waals surface area contributed by atoms with Crippen LogP contribution in [0.3, 0.4) is 0 Å². The van der Waals surface area contributed by atoms with Gasteiger partial charge < -0.3 is 9.84 Å². The number of aromatic hydroxyl groups is 1. The molecule has 92 valence electrons. The third-order valence-electron chi connectivity index (χ3n) is 2.68. The smallest absolute Gasteiger partial charge is 0.169 e. The maximum absolute atomic E-state index is 9.50. The maximum atomic E-state index is 9.50. The van der Waals surface area contributed by atoms with E-state index in [-0.39, 0.29) is 5.75 Å². The number of hydrogen-bond donors (Lipinski definition) is 1. The molecule has 1 aromatic carbocycles. The zero-order valence-electron chi connectivity index (χ0n) is 10.5. The Balaban J connectivity index is 2.20. The summed E-state index contributed by atoms with van der Waals surface area (Å²) in [6.45, 7) is 0. The summed E-state index contributed by atoms with van der Waals surface area (Å²) in [6, 6.07) is 9.35. The van der Waals surface area contributed by atoms with Crippen molar-refractivity contribution >= 4 is 12.2 Å². The number of phenolic OH excluding ortho intramolecular Hbond substituents is 1. The van der Waals surface area contributed by atoms with Crippen molar-refractivity contribution in [1.82, 2.24) is 0 Å². The van der Waals surface area contributed by atoms with Crippen LogP contribution in [0, 0.1) is 0 Å². The van der Waals surface area contributed by atoms with Gasteiger partial charge in [-0.3, -0.25) is 0 Å². The van der Waals surface area contributed by atoms with Gasteiger partial charge >= 0.3 is 0 Å². The molecule has 0 radical (unpaired) electrons. The second-order valence-corrected chi connectivity index (χ2v) is 4.06. The Hall–Kier alpha value is -2.29. The lowest BCUT2D eigenvalue weighted by Gasteiger charge is -2.03. The van der Waals surface area contributed by atoms with Gasteiger partial charge in [0.1, 0.15) is 7.05 Å². The summed E-state index contributed by atoms with van der Waals surface area (Å²) in [7, 11) is 3.53. The number of hydrogen-bond acceptors (Lipinski definition) is 2. The molecule has 1 N–H and O–H groups in total. The van der Waals surface area contributed by atoms with Crippen molar-refractivity contribution in [3.05, 3.63) is 53.9 Å². The van der Waals surface area contributed by atoms with E-state index in [1.165, 1.54) is 0 Å². The normalized spacial score (nSPS) is 10.8. The largest absolute Gasteiger partial charge is 0.504 e. The predicted octanol–water partition coefficient (Wildman–Crippen LogP) is 2.40. The number of methoxy groups -OCH3 is 1. The molecule has 18 heavy (non-hydrogen) atoms. The Morgan fingerprint density at radius 1 is 1.06 bits per heavy atom. The molecule has 0 amide bonds. The van der Waals surface area contributed by atoms with Crippen LogP contribution in [0.2, 0.25) is 0 Å². The van der Waals surface area contributed by atoms with Crippen molar-refractivity contribution in [2.24, 2.45) is 7.05 Å². The quantitative estimate of drug-likeness (QED) is 0.838. The predicted molar refractivity (Wildman–Crippen MR) is 71.2 cm³/mol. The van der Waals surface area contributed by atoms with E-state index in [1.807, 2.05) is 54.4 Å². The van der Waals surface area contributed by atoms with Crippen molar-refractivity contribution < 1.29 is 14.4 Å². The zero-order chi connectivity index (χ0) is 13.0. The van der Waals surface area contributed by atoms with E-state index in [1.54, 1.807) is 19.2 Å². The lowest BCUT2D eigenvalue weighted by Crippen LogP contribution is -2.25. The van der Waals surface area contributed by atoms with E-state index >= 15 is 0 Å². The minimum Gasteiger partial charge on any atom is -0.504 e. The topological polar surface area (TPSA) is 33.3 Å². The molecule has 1 aromatic heterocycles. The van der Waals surface area contributed by atoms with Crippen molar-refractivity contribution in [2.75, 3.05) is 7.11 Å². The highest BCUT2D eigenvalue weighted by atomic mass is 16.5. The zero-order valence-corrected chi connectivity index (χ0v) is 10.5. The molecule has 1 heterocycles. The Morgan fingerprint density at radius 2 is 1.72 bits per heavy atom. The van der Waals surface area contributed by atoms with Crippen molar-refractivity contribution in [3.8, 4) is 11.5 Å². The molecule has 0 spiro atoms. The molecule has 0 aliphatic heterocycles. The van der Waals surface area contributed by atoms with Gasteiger partial charge in [-0.05, 0) is 23.3 Å². The highest BCUT2D eigenvalue weighted by Crippen LogP contribution is 2.26. The van der Waals surface area contributed by atoms with E-state index in [0.717, 1.165) is 11.1 Å². The number of aromatic nitrogens is 1. The van der Waals surface area contributed by atoms with Crippen LogP contribution in [0.5, 0.6) is 11.5 Å². The summed E-state index contributed by atoms with van der Waals surface area (Å²) >= 11 is 0. The van der Waals surface area contributed by atoms with Gasteiger partial charge in [0.05, 0.1) is 7.11 Å². The van der Waals surface area contributed by atoms with Crippen molar-refractivity contribution in [2.45, 2.75) is 0 Å². The molecule has 2 rings (SSSR count). The van der Waals surface area contributed by atoms with Crippen LogP contribution in [-0.4, -0.2) is 12.2 Å². The molecular formula is C15H16NO2+. The number of pyridine rings is 1. The van der Waals surface area contributed by atoms with Crippen LogP contribution < -0.4 is 9.30 Å². The van der Waals surface area contributed by atoms with E-state index in [0.29, 0.717) is 5.75 Å². The van der Waals surface area contributed by atoms with E-state index in [9.17, 15) is 5.11 Å². The summed E-state index contributed by atoms with van der Waals surface area (Å²) < 4.78 is 7.05. The second-order valence-electron chi connectivity index (χ2n) is 4.06. The minimum absolute atomic E-state index is 0.154. The molecule has 0 atom stereocenters. The van der Waals surface area contributed by atoms with E-state index in [2.05, 4.69) is 0 Å². The average Bonchev–Trinajstić information content (AvgIpc) is 2.39. The van der Waals surface area contributed by atoms with Gasteiger partial charge in [0, 0.05) is 12.1 Å². The number of ether oxygens (including phenoxy) is 1. The fraction of sp³-hybridized carbons (Fsp3) is 0.133. The third-order valence-corrected chi connectivity index (χ3v) is 2.68. The molecule has 0 saturated heterocycles. The number of benzene rings is 1. The van der Waals surface area contributed by atoms with E-state index < -0.39 is 0 Å². The molecule has 0 aliphatic rings. The number of phenols is 1. The summed E-state index contributed by atoms with van der Waals surface area (Å²) in [6.07, 6.45) is 8.00. The molecule has 2 aromatic rings. The highest BCUT2D eigenvalue weighted by molar-refractivity contribution is 5.70. The lowest BCUT2D eigenvalue weighted by atomic mass is 10.1. The summed E-state index contributed by atoms with van der Waals surface area (Å²) in [5.74, 6) is 0.637. The SMILES string of the molecule is COc1cc(C=Cc2cc[n+](C)cc2)ccc1O. The van der Waals surface area contributed by atoms with Crippen LogP contribution in [0.15, 0.2) is 42.7 Å². The van der Waals surface area contributed by atoms with Gasteiger partial charge in [-0.1, -0.05) is 18.2 Å². The summed E-state index contributed by atoms with van der Waals surface area (Å²) in [4.78, 5) is 0. The maximum Gasteiger partial charge on any atom is 0.169 e. The van der Waals surface area contributed by atoms with Crippen LogP contribution >= 0.6 is 0 Å². The minimum atomic E-state index is 0.154. The Bertz CT molecular complexity index is 559. The first-order valence-corrected chi connectivity index (χ1v) is 5.69. The standard InChI is InChI=1S/C15H15NO2/c1-16-9-7-12(8-10-16)3-4-13-5-6-14(17)15(11-13)18-2/h3-11H,1-2H3/p+1. The van der Waals surface area contributed by atoms with Crippen LogP contribution in [0.25, 0.3) is 12.2 Å². The van der Waals surface area contributed by atoms with E-state index in [4.69, 9.17) is 4.74 Å². The average molecular weight is 242 g/mol. The van der Waals surface area contributed by atoms with Crippen molar-refractivity contribution in [1.29, 1.82) is 0 Å². The first kappa shape index (κ1) is 12.2. The van der Waals surface area contributed by atoms with Crippen LogP contribution in [0.4, 0.5) is 0 Å². The molecule has 3 nitrogen and oxygen atoms in total. The first-order chi connectivity index (χ1) is 8.69. The lowest BCUT2D eigenvalue weighted by molar-refractivity contribution is -0.671. The van der Waals surface area contributed by atoms with Gasteiger partial charge in [-0.25, -0.2) is 4.57 Å². The Morgan fingerprint density at radius 3 is 2.39 bits per heavy atom. The number of nitrogens with zero attached hydrogens (tertiary/aromatic N) is 1.